The van der Waals surface area contributed by atoms with Crippen LogP contribution in [0.1, 0.15) is 44.2 Å². The van der Waals surface area contributed by atoms with E-state index in [-0.39, 0.29) is 17.7 Å². The third-order valence-corrected chi connectivity index (χ3v) is 8.05. The van der Waals surface area contributed by atoms with Gasteiger partial charge in [0.2, 0.25) is 5.88 Å². The van der Waals surface area contributed by atoms with Crippen LogP contribution in [0.25, 0.3) is 22.2 Å². The standard InChI is InChI=1S/C30H37N7O3/c1-4-31-27-15-26-25(16-32-27)30(21-7-5-20(6-8-21)17-36-18-24(19-36)39-3)34-37(26)22-9-11-23(12-10-22)40-28-13-14-29(38)35(2)33-28/h5-8,13-16,22-24H,4,9-12,17-19H2,1-3H3,(H,31,32). The Balaban J connectivity index is 1.21. The van der Waals surface area contributed by atoms with E-state index in [1.807, 2.05) is 6.20 Å². The van der Waals surface area contributed by atoms with E-state index in [9.17, 15) is 4.79 Å². The summed E-state index contributed by atoms with van der Waals surface area (Å²) in [5, 5.41) is 13.8. The molecule has 1 aliphatic heterocycles. The van der Waals surface area contributed by atoms with E-state index in [4.69, 9.17) is 14.6 Å². The van der Waals surface area contributed by atoms with Gasteiger partial charge in [0.25, 0.3) is 5.56 Å². The Kier molecular flexibility index (Phi) is 7.53. The maximum absolute atomic E-state index is 11.7. The number of aryl methyl sites for hydroxylation is 1. The van der Waals surface area contributed by atoms with Crippen molar-refractivity contribution in [2.45, 2.75) is 57.4 Å². The van der Waals surface area contributed by atoms with Crippen LogP contribution in [0.15, 0.2) is 53.5 Å². The zero-order chi connectivity index (χ0) is 27.6. The number of nitrogens with zero attached hydrogens (tertiary/aromatic N) is 6. The van der Waals surface area contributed by atoms with Crippen molar-refractivity contribution < 1.29 is 9.47 Å². The third-order valence-electron chi connectivity index (χ3n) is 8.05. The van der Waals surface area contributed by atoms with Crippen LogP contribution >= 0.6 is 0 Å². The van der Waals surface area contributed by atoms with Crippen molar-refractivity contribution in [3.8, 4) is 17.1 Å². The summed E-state index contributed by atoms with van der Waals surface area (Å²) < 4.78 is 15.0. The van der Waals surface area contributed by atoms with Crippen molar-refractivity contribution in [3.05, 3.63) is 64.6 Å². The average molecular weight is 544 g/mol. The smallest absolute Gasteiger partial charge is 0.266 e. The lowest BCUT2D eigenvalue weighted by Gasteiger charge is -2.38. The van der Waals surface area contributed by atoms with Crippen LogP contribution in [0.3, 0.4) is 0 Å². The highest BCUT2D eigenvalue weighted by Gasteiger charge is 2.28. The summed E-state index contributed by atoms with van der Waals surface area (Å²) in [7, 11) is 3.42. The Morgan fingerprint density at radius 2 is 1.77 bits per heavy atom. The predicted molar refractivity (Wildman–Crippen MR) is 155 cm³/mol. The van der Waals surface area contributed by atoms with E-state index in [2.05, 4.69) is 62.2 Å². The molecule has 1 saturated carbocycles. The third kappa shape index (κ3) is 5.46. The van der Waals surface area contributed by atoms with Gasteiger partial charge in [0.05, 0.1) is 17.7 Å². The van der Waals surface area contributed by atoms with Crippen molar-refractivity contribution >= 4 is 16.7 Å². The summed E-state index contributed by atoms with van der Waals surface area (Å²) in [5.74, 6) is 1.36. The monoisotopic (exact) mass is 543 g/mol. The molecule has 10 nitrogen and oxygen atoms in total. The van der Waals surface area contributed by atoms with Gasteiger partial charge in [-0.1, -0.05) is 24.3 Å². The Bertz CT molecular complexity index is 1520. The minimum absolute atomic E-state index is 0.0691. The summed E-state index contributed by atoms with van der Waals surface area (Å²) in [6.07, 6.45) is 6.07. The number of pyridine rings is 1. The van der Waals surface area contributed by atoms with E-state index in [1.165, 1.54) is 16.3 Å². The summed E-state index contributed by atoms with van der Waals surface area (Å²) >= 11 is 0. The Morgan fingerprint density at radius 1 is 1.00 bits per heavy atom. The van der Waals surface area contributed by atoms with Gasteiger partial charge in [-0.05, 0) is 38.2 Å². The molecular formula is C30H37N7O3. The van der Waals surface area contributed by atoms with Crippen molar-refractivity contribution in [2.24, 2.45) is 7.05 Å². The fourth-order valence-electron chi connectivity index (χ4n) is 5.75. The molecule has 1 saturated heterocycles. The lowest BCUT2D eigenvalue weighted by molar-refractivity contribution is -0.0333. The van der Waals surface area contributed by atoms with Gasteiger partial charge < -0.3 is 14.8 Å². The van der Waals surface area contributed by atoms with Gasteiger partial charge in [-0.3, -0.25) is 14.4 Å². The fourth-order valence-corrected chi connectivity index (χ4v) is 5.75. The Labute approximate surface area is 233 Å². The second-order valence-electron chi connectivity index (χ2n) is 10.8. The number of hydrogen-bond donors (Lipinski definition) is 1. The molecule has 1 aromatic carbocycles. The summed E-state index contributed by atoms with van der Waals surface area (Å²) in [6.45, 7) is 5.80. The maximum atomic E-state index is 11.7. The van der Waals surface area contributed by atoms with Gasteiger partial charge in [0.1, 0.15) is 17.6 Å². The molecule has 0 unspecified atom stereocenters. The number of nitrogens with one attached hydrogen (secondary N) is 1. The Morgan fingerprint density at radius 3 is 2.48 bits per heavy atom. The van der Waals surface area contributed by atoms with Crippen molar-refractivity contribution in [1.82, 2.24) is 29.4 Å². The maximum Gasteiger partial charge on any atom is 0.266 e. The number of rotatable bonds is 9. The van der Waals surface area contributed by atoms with Gasteiger partial charge in [-0.2, -0.15) is 5.10 Å². The highest BCUT2D eigenvalue weighted by molar-refractivity contribution is 5.94. The van der Waals surface area contributed by atoms with Gasteiger partial charge >= 0.3 is 0 Å². The molecule has 3 aromatic heterocycles. The second-order valence-corrected chi connectivity index (χ2v) is 10.8. The summed E-state index contributed by atoms with van der Waals surface area (Å²) in [6, 6.07) is 14.3. The van der Waals surface area contributed by atoms with Crippen LogP contribution in [-0.4, -0.2) is 68.4 Å². The molecule has 4 heterocycles. The number of hydrogen-bond acceptors (Lipinski definition) is 8. The molecule has 4 aromatic rings. The molecule has 0 atom stereocenters. The molecule has 10 heteroatoms. The average Bonchev–Trinajstić information content (AvgIpc) is 3.32. The number of benzene rings is 1. The largest absolute Gasteiger partial charge is 0.473 e. The summed E-state index contributed by atoms with van der Waals surface area (Å²) in [4.78, 5) is 18.7. The molecule has 1 N–H and O–H groups in total. The topological polar surface area (TPSA) is 99.3 Å². The Hall–Kier alpha value is -3.76. The highest BCUT2D eigenvalue weighted by atomic mass is 16.5. The first-order valence-corrected chi connectivity index (χ1v) is 14.2. The van der Waals surface area contributed by atoms with Gasteiger partial charge in [-0.25, -0.2) is 9.67 Å². The van der Waals surface area contributed by atoms with Crippen molar-refractivity contribution in [2.75, 3.05) is 32.1 Å². The molecular weight excluding hydrogens is 506 g/mol. The zero-order valence-corrected chi connectivity index (χ0v) is 23.4. The molecule has 6 rings (SSSR count). The lowest BCUT2D eigenvalue weighted by Crippen LogP contribution is -2.50. The first kappa shape index (κ1) is 26.5. The number of anilines is 1. The van der Waals surface area contributed by atoms with Gasteiger partial charge in [-0.15, -0.1) is 5.10 Å². The van der Waals surface area contributed by atoms with E-state index in [0.29, 0.717) is 12.0 Å². The van der Waals surface area contributed by atoms with Crippen LogP contribution in [0.5, 0.6) is 5.88 Å². The molecule has 1 aliphatic carbocycles. The minimum Gasteiger partial charge on any atom is -0.473 e. The zero-order valence-electron chi connectivity index (χ0n) is 23.4. The van der Waals surface area contributed by atoms with E-state index in [1.54, 1.807) is 20.2 Å². The van der Waals surface area contributed by atoms with Gasteiger partial charge in [0, 0.05) is 75.7 Å². The number of fused-ring (bicyclic) bond motifs is 1. The van der Waals surface area contributed by atoms with Crippen LogP contribution < -0.4 is 15.6 Å². The molecule has 40 heavy (non-hydrogen) atoms. The summed E-state index contributed by atoms with van der Waals surface area (Å²) in [5.41, 5.74) is 4.31. The SMILES string of the molecule is CCNc1cc2c(cn1)c(-c1ccc(CN3CC(OC)C3)cc1)nn2C1CCC(Oc2ccc(=O)n(C)n2)CC1. The highest BCUT2D eigenvalue weighted by Crippen LogP contribution is 2.36. The lowest BCUT2D eigenvalue weighted by atomic mass is 9.93. The predicted octanol–water partition coefficient (Wildman–Crippen LogP) is 4.02. The van der Waals surface area contributed by atoms with Crippen LogP contribution in [0.4, 0.5) is 5.82 Å². The van der Waals surface area contributed by atoms with Crippen molar-refractivity contribution in [3.63, 3.8) is 0 Å². The molecule has 2 aliphatic rings. The number of methoxy groups -OCH3 is 1. The molecule has 210 valence electrons. The molecule has 0 amide bonds. The van der Waals surface area contributed by atoms with Gasteiger partial charge in [0.15, 0.2) is 0 Å². The number of ether oxygens (including phenoxy) is 2. The molecule has 0 spiro atoms. The fraction of sp³-hybridized carbons (Fsp3) is 0.467. The first-order chi connectivity index (χ1) is 19.5. The number of likely N-dealkylation sites (tertiary alicyclic amines) is 1. The molecule has 2 fully saturated rings. The number of aromatic nitrogens is 5. The van der Waals surface area contributed by atoms with E-state index in [0.717, 1.165) is 79.8 Å². The van der Waals surface area contributed by atoms with Crippen LogP contribution in [0.2, 0.25) is 0 Å². The first-order valence-electron chi connectivity index (χ1n) is 14.2. The minimum atomic E-state index is -0.144. The van der Waals surface area contributed by atoms with Crippen molar-refractivity contribution in [1.29, 1.82) is 0 Å². The quantitative estimate of drug-likeness (QED) is 0.338. The molecule has 0 bridgehead atoms. The van der Waals surface area contributed by atoms with E-state index >= 15 is 0 Å². The second kappa shape index (κ2) is 11.4. The van der Waals surface area contributed by atoms with Crippen LogP contribution in [-0.2, 0) is 18.3 Å². The van der Waals surface area contributed by atoms with Crippen LogP contribution in [0, 0.1) is 0 Å². The molecule has 0 radical (unpaired) electrons. The van der Waals surface area contributed by atoms with E-state index < -0.39 is 0 Å². The normalized spacial score (nSPS) is 20.0.